The number of nitrogens with two attached hydrogens (primary N) is 1. The molecule has 4 fully saturated rings. The SMILES string of the molecule is C[C@H](CCC=O)[C@H]1CCC2C3CCC4C[C@H](O)CC(C(=O)CC[C@H](N)C(=O)O)[C@]4(C)C3CC[C@@]21C. The average molecular weight is 490 g/mol. The van der Waals surface area contributed by atoms with Crippen LogP contribution in [0.1, 0.15) is 97.8 Å². The lowest BCUT2D eigenvalue weighted by Crippen LogP contribution is -2.59. The first-order valence-corrected chi connectivity index (χ1v) is 14.2. The molecule has 6 nitrogen and oxygen atoms in total. The molecule has 0 amide bonds. The topological polar surface area (TPSA) is 118 Å². The molecule has 0 radical (unpaired) electrons. The lowest BCUT2D eigenvalue weighted by molar-refractivity contribution is -0.169. The van der Waals surface area contributed by atoms with Gasteiger partial charge in [0.25, 0.3) is 0 Å². The van der Waals surface area contributed by atoms with E-state index in [4.69, 9.17) is 10.8 Å². The van der Waals surface area contributed by atoms with Gasteiger partial charge in [0.1, 0.15) is 18.1 Å². The Morgan fingerprint density at radius 1 is 1.06 bits per heavy atom. The van der Waals surface area contributed by atoms with Crippen molar-refractivity contribution in [1.29, 1.82) is 0 Å². The highest BCUT2D eigenvalue weighted by molar-refractivity contribution is 5.83. The second-order valence-corrected chi connectivity index (χ2v) is 13.1. The Labute approximate surface area is 210 Å². The molecule has 0 spiro atoms. The van der Waals surface area contributed by atoms with Gasteiger partial charge in [-0.15, -0.1) is 0 Å². The maximum atomic E-state index is 13.5. The van der Waals surface area contributed by atoms with Crippen LogP contribution in [0.3, 0.4) is 0 Å². The lowest BCUT2D eigenvalue weighted by atomic mass is 9.41. The quantitative estimate of drug-likeness (QED) is 0.407. The summed E-state index contributed by atoms with van der Waals surface area (Å²) in [7, 11) is 0. The van der Waals surface area contributed by atoms with Crippen LogP contribution in [0, 0.1) is 52.3 Å². The molecule has 0 heterocycles. The number of carbonyl (C=O) groups is 3. The highest BCUT2D eigenvalue weighted by Gasteiger charge is 2.63. The van der Waals surface area contributed by atoms with Crippen molar-refractivity contribution in [2.24, 2.45) is 58.0 Å². The van der Waals surface area contributed by atoms with Crippen LogP contribution in [0.5, 0.6) is 0 Å². The average Bonchev–Trinajstić information content (AvgIpc) is 3.18. The number of ketones is 1. The van der Waals surface area contributed by atoms with Crippen molar-refractivity contribution >= 4 is 18.0 Å². The summed E-state index contributed by atoms with van der Waals surface area (Å²) in [6.45, 7) is 7.19. The molecule has 198 valence electrons. The van der Waals surface area contributed by atoms with Gasteiger partial charge in [0.05, 0.1) is 6.10 Å². The molecule has 0 aromatic rings. The van der Waals surface area contributed by atoms with Crippen LogP contribution in [0.4, 0.5) is 0 Å². The van der Waals surface area contributed by atoms with Crippen molar-refractivity contribution in [3.63, 3.8) is 0 Å². The third kappa shape index (κ3) is 4.63. The fraction of sp³-hybridized carbons (Fsp3) is 0.897. The molecular weight excluding hydrogens is 442 g/mol. The van der Waals surface area contributed by atoms with E-state index in [1.165, 1.54) is 25.7 Å². The molecule has 35 heavy (non-hydrogen) atoms. The fourth-order valence-corrected chi connectivity index (χ4v) is 9.92. The number of fused-ring (bicyclic) bond motifs is 5. The molecular formula is C29H47NO5. The number of hydrogen-bond donors (Lipinski definition) is 3. The third-order valence-corrected chi connectivity index (χ3v) is 11.7. The minimum atomic E-state index is -1.06. The Hall–Kier alpha value is -1.27. The molecule has 11 atom stereocenters. The Kier molecular flexibility index (Phi) is 7.84. The maximum absolute atomic E-state index is 13.5. The first kappa shape index (κ1) is 26.8. The Bertz CT molecular complexity index is 815. The summed E-state index contributed by atoms with van der Waals surface area (Å²) in [5.74, 6) is 2.19. The standard InChI is InChI=1S/C29H47NO5/c1-17(5-4-14-31)21-8-9-22-20-7-6-18-15-19(32)16-24(26(33)11-10-25(30)27(34)35)29(18,3)23(20)12-13-28(21,22)2/h14,17-25,32H,4-13,15-16,30H2,1-3H3,(H,34,35)/t17-,18?,19+,20?,21-,22?,23?,24?,25+,28-,29+/m1/s1. The van der Waals surface area contributed by atoms with Crippen LogP contribution in [-0.2, 0) is 14.4 Å². The molecule has 0 saturated heterocycles. The molecule has 0 aromatic carbocycles. The Morgan fingerprint density at radius 2 is 1.80 bits per heavy atom. The molecule has 4 aliphatic rings. The first-order valence-electron chi connectivity index (χ1n) is 14.2. The highest BCUT2D eigenvalue weighted by Crippen LogP contribution is 2.69. The van der Waals surface area contributed by atoms with E-state index in [-0.39, 0.29) is 30.0 Å². The molecule has 0 aromatic heterocycles. The molecule has 6 heteroatoms. The smallest absolute Gasteiger partial charge is 0.320 e. The van der Waals surface area contributed by atoms with Gasteiger partial charge in [-0.05, 0) is 111 Å². The van der Waals surface area contributed by atoms with E-state index < -0.39 is 18.1 Å². The minimum Gasteiger partial charge on any atom is -0.480 e. The van der Waals surface area contributed by atoms with Gasteiger partial charge in [0.2, 0.25) is 0 Å². The Morgan fingerprint density at radius 3 is 2.49 bits per heavy atom. The van der Waals surface area contributed by atoms with E-state index in [2.05, 4.69) is 20.8 Å². The third-order valence-electron chi connectivity index (χ3n) is 11.7. The lowest BCUT2D eigenvalue weighted by Gasteiger charge is -2.63. The van der Waals surface area contributed by atoms with Gasteiger partial charge in [-0.2, -0.15) is 0 Å². The van der Waals surface area contributed by atoms with Crippen LogP contribution >= 0.6 is 0 Å². The van der Waals surface area contributed by atoms with Gasteiger partial charge in [0.15, 0.2) is 0 Å². The second-order valence-electron chi connectivity index (χ2n) is 13.1. The highest BCUT2D eigenvalue weighted by atomic mass is 16.4. The minimum absolute atomic E-state index is 0.105. The van der Waals surface area contributed by atoms with Crippen molar-refractivity contribution in [2.45, 2.75) is 110 Å². The molecule has 4 N–H and O–H groups in total. The summed E-state index contributed by atoms with van der Waals surface area (Å²) in [5.41, 5.74) is 5.90. The summed E-state index contributed by atoms with van der Waals surface area (Å²) in [6.07, 6.45) is 11.0. The van der Waals surface area contributed by atoms with Crippen LogP contribution in [0.25, 0.3) is 0 Å². The van der Waals surface area contributed by atoms with Crippen molar-refractivity contribution in [3.8, 4) is 0 Å². The van der Waals surface area contributed by atoms with Crippen LogP contribution in [-0.4, -0.2) is 40.4 Å². The van der Waals surface area contributed by atoms with Gasteiger partial charge < -0.3 is 20.7 Å². The van der Waals surface area contributed by atoms with Gasteiger partial charge >= 0.3 is 5.97 Å². The number of carbonyl (C=O) groups excluding carboxylic acids is 2. The zero-order valence-corrected chi connectivity index (χ0v) is 22.0. The van der Waals surface area contributed by atoms with E-state index in [1.54, 1.807) is 0 Å². The normalized spacial score (nSPS) is 44.4. The van der Waals surface area contributed by atoms with Crippen LogP contribution < -0.4 is 5.73 Å². The summed E-state index contributed by atoms with van der Waals surface area (Å²) in [6, 6.07) is -1.01. The number of carboxylic acid groups (broad SMARTS) is 1. The van der Waals surface area contributed by atoms with Gasteiger partial charge in [-0.3, -0.25) is 9.59 Å². The van der Waals surface area contributed by atoms with Crippen molar-refractivity contribution < 1.29 is 24.6 Å². The fourth-order valence-electron chi connectivity index (χ4n) is 9.92. The van der Waals surface area contributed by atoms with Gasteiger partial charge in [0, 0.05) is 18.8 Å². The number of Topliss-reactive ketones (excluding diaryl/α,β-unsaturated/α-hetero) is 1. The number of aliphatic hydroxyl groups is 1. The largest absolute Gasteiger partial charge is 0.480 e. The number of aliphatic carboxylic acids is 1. The van der Waals surface area contributed by atoms with E-state index in [1.807, 2.05) is 0 Å². The number of aliphatic hydroxyl groups excluding tert-OH is 1. The van der Waals surface area contributed by atoms with Crippen LogP contribution in [0.15, 0.2) is 0 Å². The number of hydrogen-bond acceptors (Lipinski definition) is 5. The summed E-state index contributed by atoms with van der Waals surface area (Å²) in [5, 5.41) is 19.9. The van der Waals surface area contributed by atoms with Gasteiger partial charge in [-0.1, -0.05) is 20.8 Å². The zero-order chi connectivity index (χ0) is 25.5. The number of carboxylic acids is 1. The van der Waals surface area contributed by atoms with Crippen molar-refractivity contribution in [3.05, 3.63) is 0 Å². The summed E-state index contributed by atoms with van der Waals surface area (Å²) in [4.78, 5) is 35.7. The summed E-state index contributed by atoms with van der Waals surface area (Å²) < 4.78 is 0. The monoisotopic (exact) mass is 489 g/mol. The predicted octanol–water partition coefficient (Wildman–Crippen LogP) is 4.61. The van der Waals surface area contributed by atoms with Gasteiger partial charge in [-0.25, -0.2) is 0 Å². The molecule has 0 aliphatic heterocycles. The Balaban J connectivity index is 1.56. The predicted molar refractivity (Wildman–Crippen MR) is 134 cm³/mol. The first-order chi connectivity index (χ1) is 16.5. The molecule has 5 unspecified atom stereocenters. The molecule has 4 rings (SSSR count). The van der Waals surface area contributed by atoms with E-state index in [0.29, 0.717) is 53.8 Å². The summed E-state index contributed by atoms with van der Waals surface area (Å²) >= 11 is 0. The van der Waals surface area contributed by atoms with Crippen molar-refractivity contribution in [2.75, 3.05) is 0 Å². The molecule has 4 saturated carbocycles. The maximum Gasteiger partial charge on any atom is 0.320 e. The van der Waals surface area contributed by atoms with Crippen LogP contribution in [0.2, 0.25) is 0 Å². The number of aldehydes is 1. The molecule has 0 bridgehead atoms. The molecule has 4 aliphatic carbocycles. The second kappa shape index (κ2) is 10.2. The van der Waals surface area contributed by atoms with E-state index in [9.17, 15) is 19.5 Å². The number of rotatable bonds is 9. The van der Waals surface area contributed by atoms with E-state index >= 15 is 0 Å². The van der Waals surface area contributed by atoms with Crippen molar-refractivity contribution in [1.82, 2.24) is 0 Å². The van der Waals surface area contributed by atoms with E-state index in [0.717, 1.165) is 32.0 Å². The zero-order valence-electron chi connectivity index (χ0n) is 22.0.